The molecule has 188 valence electrons. The molecule has 0 aliphatic heterocycles. The first-order chi connectivity index (χ1) is 16.7. The number of allylic oxidation sites excluding steroid dienone is 1. The predicted molar refractivity (Wildman–Crippen MR) is 136 cm³/mol. The molecular weight excluding hydrogens is 454 g/mol. The van der Waals surface area contributed by atoms with Crippen molar-refractivity contribution in [1.29, 1.82) is 0 Å². The van der Waals surface area contributed by atoms with Crippen LogP contribution in [0.1, 0.15) is 57.6 Å². The molecule has 0 saturated carbocycles. The van der Waals surface area contributed by atoms with E-state index in [4.69, 9.17) is 5.11 Å². The number of aliphatic carboxylic acids is 1. The Morgan fingerprint density at radius 2 is 1.74 bits per heavy atom. The Morgan fingerprint density at radius 1 is 1.06 bits per heavy atom. The number of carboxylic acids is 1. The minimum Gasteiger partial charge on any atom is -0.478 e. The third kappa shape index (κ3) is 8.84. The van der Waals surface area contributed by atoms with Crippen molar-refractivity contribution in [1.82, 2.24) is 5.43 Å². The molecule has 0 atom stereocenters. The van der Waals surface area contributed by atoms with Crippen LogP contribution in [0.25, 0.3) is 5.57 Å². The van der Waals surface area contributed by atoms with Gasteiger partial charge in [0.2, 0.25) is 0 Å². The second-order valence-electron chi connectivity index (χ2n) is 8.08. The first-order valence-corrected chi connectivity index (χ1v) is 11.6. The molecule has 2 aromatic carbocycles. The van der Waals surface area contributed by atoms with Crippen molar-refractivity contribution < 1.29 is 23.5 Å². The number of anilines is 2. The molecule has 3 N–H and O–H groups in total. The minimum absolute atomic E-state index is 0.0223. The van der Waals surface area contributed by atoms with Gasteiger partial charge in [-0.25, -0.2) is 23.8 Å². The third-order valence-corrected chi connectivity index (χ3v) is 5.28. The first-order valence-electron chi connectivity index (χ1n) is 11.6. The Kier molecular flexibility index (Phi) is 10.9. The molecule has 0 saturated heterocycles. The van der Waals surface area contributed by atoms with Gasteiger partial charge in [-0.3, -0.25) is 0 Å². The fourth-order valence-corrected chi connectivity index (χ4v) is 3.39. The highest BCUT2D eigenvalue weighted by atomic mass is 19.1. The summed E-state index contributed by atoms with van der Waals surface area (Å²) in [6.45, 7) is 7.50. The van der Waals surface area contributed by atoms with Crippen molar-refractivity contribution in [2.45, 2.75) is 46.5 Å². The van der Waals surface area contributed by atoms with Crippen molar-refractivity contribution in [2.24, 2.45) is 5.10 Å². The smallest absolute Gasteiger partial charge is 0.339 e. The van der Waals surface area contributed by atoms with Crippen molar-refractivity contribution in [3.05, 3.63) is 65.2 Å². The molecule has 0 radical (unpaired) electrons. The number of carboxylic acid groups (broad SMARTS) is 1. The largest absolute Gasteiger partial charge is 0.478 e. The van der Waals surface area contributed by atoms with Gasteiger partial charge in [-0.2, -0.15) is 5.10 Å². The van der Waals surface area contributed by atoms with Gasteiger partial charge in [-0.1, -0.05) is 32.8 Å². The number of carbonyl (C=O) groups is 2. The lowest BCUT2D eigenvalue weighted by atomic mass is 10.0. The normalized spacial score (nSPS) is 11.5. The third-order valence-electron chi connectivity index (χ3n) is 5.28. The number of nitrogens with zero attached hydrogens (tertiary/aromatic N) is 2. The van der Waals surface area contributed by atoms with Crippen LogP contribution in [0.2, 0.25) is 0 Å². The van der Waals surface area contributed by atoms with Gasteiger partial charge in [0.1, 0.15) is 11.6 Å². The van der Waals surface area contributed by atoms with E-state index >= 15 is 0 Å². The van der Waals surface area contributed by atoms with E-state index in [0.717, 1.165) is 68.9 Å². The topological polar surface area (TPSA) is 94.0 Å². The van der Waals surface area contributed by atoms with Gasteiger partial charge in [0.25, 0.3) is 0 Å². The predicted octanol–water partition coefficient (Wildman–Crippen LogP) is 6.01. The van der Waals surface area contributed by atoms with Crippen LogP contribution in [0.3, 0.4) is 0 Å². The maximum atomic E-state index is 13.8. The van der Waals surface area contributed by atoms with Crippen LogP contribution in [-0.4, -0.2) is 36.4 Å². The molecule has 7 nitrogen and oxygen atoms in total. The molecule has 0 bridgehead atoms. The number of halogens is 2. The first kappa shape index (κ1) is 27.5. The Labute approximate surface area is 204 Å². The van der Waals surface area contributed by atoms with E-state index in [-0.39, 0.29) is 5.56 Å². The number of nitrogens with one attached hydrogen (secondary N) is 2. The number of benzene rings is 2. The molecule has 0 unspecified atom stereocenters. The fraction of sp³-hybridized carbons (Fsp3) is 0.346. The molecule has 0 aliphatic carbocycles. The van der Waals surface area contributed by atoms with Crippen molar-refractivity contribution in [2.75, 3.05) is 23.3 Å². The van der Waals surface area contributed by atoms with Gasteiger partial charge in [0.05, 0.1) is 17.6 Å². The Balaban J connectivity index is 2.30. The molecule has 0 spiro atoms. The zero-order valence-corrected chi connectivity index (χ0v) is 20.3. The lowest BCUT2D eigenvalue weighted by molar-refractivity contribution is -0.131. The Hall–Kier alpha value is -3.75. The van der Waals surface area contributed by atoms with Gasteiger partial charge in [-0.15, -0.1) is 0 Å². The number of hydrazone groups is 1. The van der Waals surface area contributed by atoms with Gasteiger partial charge in [-0.05, 0) is 55.2 Å². The number of hydrogen-bond donors (Lipinski definition) is 3. The molecule has 9 heteroatoms. The summed E-state index contributed by atoms with van der Waals surface area (Å²) in [7, 11) is 0. The second-order valence-corrected chi connectivity index (χ2v) is 8.08. The molecule has 35 heavy (non-hydrogen) atoms. The van der Waals surface area contributed by atoms with E-state index in [1.54, 1.807) is 13.0 Å². The number of amides is 2. The SMILES string of the molecule is CCCCN(CCCC)c1ccc(/C(C)=C/C(=O)O)cc1NC(=O)N/N=C/c1ccc(F)cc1F. The van der Waals surface area contributed by atoms with Crippen LogP contribution in [0, 0.1) is 11.6 Å². The highest BCUT2D eigenvalue weighted by molar-refractivity contribution is 5.96. The van der Waals surface area contributed by atoms with Gasteiger partial charge in [0, 0.05) is 30.8 Å². The van der Waals surface area contributed by atoms with Crippen molar-refractivity contribution in [3.8, 4) is 0 Å². The van der Waals surface area contributed by atoms with Crippen molar-refractivity contribution >= 4 is 35.2 Å². The lowest BCUT2D eigenvalue weighted by Crippen LogP contribution is -2.29. The number of rotatable bonds is 12. The van der Waals surface area contributed by atoms with Crippen LogP contribution < -0.4 is 15.6 Å². The fourth-order valence-electron chi connectivity index (χ4n) is 3.39. The van der Waals surface area contributed by atoms with Crippen LogP contribution in [-0.2, 0) is 4.79 Å². The molecule has 0 aromatic heterocycles. The zero-order chi connectivity index (χ0) is 25.8. The number of hydrogen-bond acceptors (Lipinski definition) is 4. The maximum absolute atomic E-state index is 13.8. The summed E-state index contributed by atoms with van der Waals surface area (Å²) in [6.07, 6.45) is 6.16. The molecule has 2 amide bonds. The van der Waals surface area contributed by atoms with E-state index in [9.17, 15) is 18.4 Å². The van der Waals surface area contributed by atoms with Gasteiger partial charge >= 0.3 is 12.0 Å². The van der Waals surface area contributed by atoms with Gasteiger partial charge in [0.15, 0.2) is 0 Å². The molecule has 0 fully saturated rings. The van der Waals surface area contributed by atoms with E-state index in [2.05, 4.69) is 34.6 Å². The van der Waals surface area contributed by atoms with Crippen LogP contribution in [0.5, 0.6) is 0 Å². The molecule has 0 aliphatic rings. The molecule has 0 heterocycles. The van der Waals surface area contributed by atoms with Crippen LogP contribution in [0.4, 0.5) is 25.0 Å². The summed E-state index contributed by atoms with van der Waals surface area (Å²) in [6, 6.07) is 7.79. The van der Waals surface area contributed by atoms with Crippen LogP contribution >= 0.6 is 0 Å². The summed E-state index contributed by atoms with van der Waals surface area (Å²) in [5, 5.41) is 15.6. The standard InChI is InChI=1S/C26H32F2N4O3/c1-4-6-12-32(13-7-5-2)24-11-9-19(18(3)14-25(33)34)15-23(24)30-26(35)31-29-17-20-8-10-21(27)16-22(20)28/h8-11,14-17H,4-7,12-13H2,1-3H3,(H,33,34)(H2,30,31,35)/b18-14+,29-17+. The maximum Gasteiger partial charge on any atom is 0.339 e. The van der Waals surface area contributed by atoms with E-state index in [0.29, 0.717) is 16.8 Å². The van der Waals surface area contributed by atoms with Crippen molar-refractivity contribution in [3.63, 3.8) is 0 Å². The summed E-state index contributed by atoms with van der Waals surface area (Å²) >= 11 is 0. The highest BCUT2D eigenvalue weighted by Crippen LogP contribution is 2.30. The molecule has 2 rings (SSSR count). The lowest BCUT2D eigenvalue weighted by Gasteiger charge is -2.27. The highest BCUT2D eigenvalue weighted by Gasteiger charge is 2.15. The summed E-state index contributed by atoms with van der Waals surface area (Å²) in [4.78, 5) is 25.9. The minimum atomic E-state index is -1.06. The van der Waals surface area contributed by atoms with Gasteiger partial charge < -0.3 is 15.3 Å². The number of urea groups is 1. The number of carbonyl (C=O) groups excluding carboxylic acids is 1. The summed E-state index contributed by atoms with van der Waals surface area (Å²) in [5.74, 6) is -2.57. The monoisotopic (exact) mass is 486 g/mol. The molecular formula is C26H32F2N4O3. The van der Waals surface area contributed by atoms with E-state index < -0.39 is 23.6 Å². The van der Waals surface area contributed by atoms with E-state index in [1.807, 2.05) is 12.1 Å². The zero-order valence-electron chi connectivity index (χ0n) is 20.3. The number of unbranched alkanes of at least 4 members (excludes halogenated alkanes) is 2. The van der Waals surface area contributed by atoms with E-state index in [1.165, 1.54) is 6.07 Å². The molecule has 2 aromatic rings. The average molecular weight is 487 g/mol. The summed E-state index contributed by atoms with van der Waals surface area (Å²) < 4.78 is 26.8. The van der Waals surface area contributed by atoms with Crippen LogP contribution in [0.15, 0.2) is 47.6 Å². The second kappa shape index (κ2) is 13.8. The average Bonchev–Trinajstić information content (AvgIpc) is 2.80. The Bertz CT molecular complexity index is 1080. The quantitative estimate of drug-likeness (QED) is 0.194. The summed E-state index contributed by atoms with van der Waals surface area (Å²) in [5.41, 5.74) is 4.79. The Morgan fingerprint density at radius 3 is 2.34 bits per heavy atom.